The van der Waals surface area contributed by atoms with Crippen molar-refractivity contribution in [2.24, 2.45) is 0 Å². The Labute approximate surface area is 113 Å². The smallest absolute Gasteiger partial charge is 0.246 e. The lowest BCUT2D eigenvalue weighted by molar-refractivity contribution is -0.126. The Morgan fingerprint density at radius 1 is 1.53 bits per heavy atom. The molecule has 2 rings (SSSR count). The van der Waals surface area contributed by atoms with Crippen LogP contribution < -0.4 is 5.32 Å². The van der Waals surface area contributed by atoms with Gasteiger partial charge >= 0.3 is 0 Å². The predicted octanol–water partition coefficient (Wildman–Crippen LogP) is 2.05. The number of rotatable bonds is 4. The number of carbonyl (C=O) groups is 1. The minimum absolute atomic E-state index is 0.0407. The SMILES string of the molecule is CNCC1CCCN1C(=O)C=Cc1ccccc1F. The van der Waals surface area contributed by atoms with E-state index in [1.54, 1.807) is 24.3 Å². The molecular formula is C15H19FN2O. The standard InChI is InChI=1S/C15H19FN2O/c1-17-11-13-6-4-10-18(13)15(19)9-8-12-5-2-3-7-14(12)16/h2-3,5,7-9,13,17H,4,6,10-11H2,1H3. The van der Waals surface area contributed by atoms with Crippen molar-refractivity contribution < 1.29 is 9.18 Å². The van der Waals surface area contributed by atoms with E-state index in [0.29, 0.717) is 5.56 Å². The van der Waals surface area contributed by atoms with E-state index in [0.717, 1.165) is 25.9 Å². The second kappa shape index (κ2) is 6.48. The predicted molar refractivity (Wildman–Crippen MR) is 74.1 cm³/mol. The van der Waals surface area contributed by atoms with Gasteiger partial charge in [0.15, 0.2) is 0 Å². The van der Waals surface area contributed by atoms with Crippen LogP contribution in [-0.2, 0) is 4.79 Å². The van der Waals surface area contributed by atoms with Gasteiger partial charge in [-0.15, -0.1) is 0 Å². The molecule has 1 atom stereocenters. The zero-order valence-corrected chi connectivity index (χ0v) is 11.1. The number of hydrogen-bond donors (Lipinski definition) is 1. The minimum atomic E-state index is -0.306. The minimum Gasteiger partial charge on any atom is -0.335 e. The molecule has 0 spiro atoms. The molecule has 1 N–H and O–H groups in total. The Balaban J connectivity index is 2.03. The zero-order valence-electron chi connectivity index (χ0n) is 11.1. The van der Waals surface area contributed by atoms with Crippen LogP contribution in [-0.4, -0.2) is 37.0 Å². The number of likely N-dealkylation sites (N-methyl/N-ethyl adjacent to an activating group) is 1. The summed E-state index contributed by atoms with van der Waals surface area (Å²) in [6.45, 7) is 1.59. The van der Waals surface area contributed by atoms with Gasteiger partial charge in [-0.1, -0.05) is 18.2 Å². The summed E-state index contributed by atoms with van der Waals surface area (Å²) in [5.74, 6) is -0.347. The summed E-state index contributed by atoms with van der Waals surface area (Å²) < 4.78 is 13.4. The summed E-state index contributed by atoms with van der Waals surface area (Å²) in [4.78, 5) is 14.0. The van der Waals surface area contributed by atoms with Gasteiger partial charge in [-0.25, -0.2) is 4.39 Å². The van der Waals surface area contributed by atoms with E-state index in [9.17, 15) is 9.18 Å². The number of hydrogen-bond acceptors (Lipinski definition) is 2. The summed E-state index contributed by atoms with van der Waals surface area (Å²) >= 11 is 0. The fourth-order valence-corrected chi connectivity index (χ4v) is 2.44. The van der Waals surface area contributed by atoms with Crippen molar-refractivity contribution in [3.8, 4) is 0 Å². The van der Waals surface area contributed by atoms with Gasteiger partial charge in [0, 0.05) is 30.8 Å². The fourth-order valence-electron chi connectivity index (χ4n) is 2.44. The lowest BCUT2D eigenvalue weighted by Crippen LogP contribution is -2.39. The quantitative estimate of drug-likeness (QED) is 0.842. The molecule has 0 saturated carbocycles. The molecule has 1 aromatic rings. The number of halogens is 1. The van der Waals surface area contributed by atoms with Crippen LogP contribution >= 0.6 is 0 Å². The highest BCUT2D eigenvalue weighted by Gasteiger charge is 2.26. The molecule has 0 aromatic heterocycles. The van der Waals surface area contributed by atoms with Crippen molar-refractivity contribution in [1.29, 1.82) is 0 Å². The zero-order chi connectivity index (χ0) is 13.7. The van der Waals surface area contributed by atoms with Gasteiger partial charge in [-0.3, -0.25) is 4.79 Å². The molecule has 1 saturated heterocycles. The first kappa shape index (κ1) is 13.7. The van der Waals surface area contributed by atoms with Crippen LogP contribution in [0.2, 0.25) is 0 Å². The van der Waals surface area contributed by atoms with Crippen LogP contribution in [0, 0.1) is 5.82 Å². The lowest BCUT2D eigenvalue weighted by Gasteiger charge is -2.23. The first-order chi connectivity index (χ1) is 9.22. The van der Waals surface area contributed by atoms with Gasteiger partial charge in [-0.05, 0) is 32.0 Å². The summed E-state index contributed by atoms with van der Waals surface area (Å²) in [6, 6.07) is 6.70. The Kier molecular flexibility index (Phi) is 4.68. The van der Waals surface area contributed by atoms with Crippen LogP contribution in [0.3, 0.4) is 0 Å². The molecule has 1 heterocycles. The molecule has 1 amide bonds. The maximum Gasteiger partial charge on any atom is 0.246 e. The maximum absolute atomic E-state index is 13.4. The third-order valence-electron chi connectivity index (χ3n) is 3.41. The average molecular weight is 262 g/mol. The van der Waals surface area contributed by atoms with Crippen LogP contribution in [0.15, 0.2) is 30.3 Å². The highest BCUT2D eigenvalue weighted by atomic mass is 19.1. The Morgan fingerprint density at radius 3 is 3.05 bits per heavy atom. The van der Waals surface area contributed by atoms with Crippen molar-refractivity contribution in [3.05, 3.63) is 41.7 Å². The molecule has 102 valence electrons. The summed E-state index contributed by atoms with van der Waals surface area (Å²) in [5, 5.41) is 3.10. The van der Waals surface area contributed by atoms with Gasteiger partial charge in [0.2, 0.25) is 5.91 Å². The summed E-state index contributed by atoms with van der Waals surface area (Å²) in [7, 11) is 1.89. The van der Waals surface area contributed by atoms with Gasteiger partial charge < -0.3 is 10.2 Å². The monoisotopic (exact) mass is 262 g/mol. The van der Waals surface area contributed by atoms with E-state index in [4.69, 9.17) is 0 Å². The largest absolute Gasteiger partial charge is 0.335 e. The van der Waals surface area contributed by atoms with Crippen LogP contribution in [0.25, 0.3) is 6.08 Å². The van der Waals surface area contributed by atoms with Gasteiger partial charge in [0.1, 0.15) is 5.82 Å². The van der Waals surface area contributed by atoms with E-state index in [1.807, 2.05) is 11.9 Å². The Bertz CT molecular complexity index is 473. The first-order valence-corrected chi connectivity index (χ1v) is 6.60. The third-order valence-corrected chi connectivity index (χ3v) is 3.41. The van der Waals surface area contributed by atoms with Gasteiger partial charge in [0.05, 0.1) is 0 Å². The van der Waals surface area contributed by atoms with Crippen LogP contribution in [0.1, 0.15) is 18.4 Å². The Morgan fingerprint density at radius 2 is 2.32 bits per heavy atom. The Hall–Kier alpha value is -1.68. The van der Waals surface area contributed by atoms with Gasteiger partial charge in [0.25, 0.3) is 0 Å². The normalized spacial score (nSPS) is 19.3. The summed E-state index contributed by atoms with van der Waals surface area (Å²) in [5.41, 5.74) is 0.445. The number of nitrogens with one attached hydrogen (secondary N) is 1. The second-order valence-corrected chi connectivity index (χ2v) is 4.74. The molecule has 1 unspecified atom stereocenters. The second-order valence-electron chi connectivity index (χ2n) is 4.74. The molecule has 1 aliphatic rings. The first-order valence-electron chi connectivity index (χ1n) is 6.60. The molecule has 1 aromatic carbocycles. The van der Waals surface area contributed by atoms with E-state index in [-0.39, 0.29) is 17.8 Å². The molecule has 3 nitrogen and oxygen atoms in total. The number of benzene rings is 1. The van der Waals surface area contributed by atoms with E-state index in [1.165, 1.54) is 12.1 Å². The molecular weight excluding hydrogens is 243 g/mol. The highest BCUT2D eigenvalue weighted by Crippen LogP contribution is 2.17. The lowest BCUT2D eigenvalue weighted by atomic mass is 10.2. The van der Waals surface area contributed by atoms with Crippen LogP contribution in [0.4, 0.5) is 4.39 Å². The van der Waals surface area contributed by atoms with Crippen LogP contribution in [0.5, 0.6) is 0 Å². The molecule has 0 bridgehead atoms. The third kappa shape index (κ3) is 3.41. The van der Waals surface area contributed by atoms with Crippen molar-refractivity contribution >= 4 is 12.0 Å². The highest BCUT2D eigenvalue weighted by molar-refractivity contribution is 5.92. The summed E-state index contributed by atoms with van der Waals surface area (Å²) in [6.07, 6.45) is 5.07. The molecule has 0 radical (unpaired) electrons. The molecule has 0 aliphatic carbocycles. The van der Waals surface area contributed by atoms with Gasteiger partial charge in [-0.2, -0.15) is 0 Å². The molecule has 4 heteroatoms. The average Bonchev–Trinajstić information content (AvgIpc) is 2.86. The molecule has 1 fully saturated rings. The number of amides is 1. The van der Waals surface area contributed by atoms with E-state index < -0.39 is 0 Å². The van der Waals surface area contributed by atoms with Crippen molar-refractivity contribution in [1.82, 2.24) is 10.2 Å². The fraction of sp³-hybridized carbons (Fsp3) is 0.400. The molecule has 1 aliphatic heterocycles. The number of carbonyl (C=O) groups excluding carboxylic acids is 1. The molecule has 19 heavy (non-hydrogen) atoms. The van der Waals surface area contributed by atoms with Crippen molar-refractivity contribution in [3.63, 3.8) is 0 Å². The van der Waals surface area contributed by atoms with E-state index in [2.05, 4.69) is 5.32 Å². The number of likely N-dealkylation sites (tertiary alicyclic amines) is 1. The van der Waals surface area contributed by atoms with Crippen molar-refractivity contribution in [2.75, 3.05) is 20.1 Å². The van der Waals surface area contributed by atoms with Crippen molar-refractivity contribution in [2.45, 2.75) is 18.9 Å². The number of nitrogens with zero attached hydrogens (tertiary/aromatic N) is 1. The topological polar surface area (TPSA) is 32.3 Å². The van der Waals surface area contributed by atoms with E-state index >= 15 is 0 Å². The maximum atomic E-state index is 13.4.